The fourth-order valence-electron chi connectivity index (χ4n) is 7.49. The summed E-state index contributed by atoms with van der Waals surface area (Å²) in [6, 6.07) is 0. The minimum atomic E-state index is -0.907. The lowest BCUT2D eigenvalue weighted by Crippen LogP contribution is -2.55. The third kappa shape index (κ3) is 2.27. The van der Waals surface area contributed by atoms with Gasteiger partial charge in [0.05, 0.1) is 5.60 Å². The predicted octanol–water partition coefficient (Wildman–Crippen LogP) is 4.99. The zero-order valence-corrected chi connectivity index (χ0v) is 16.0. The molecule has 0 aromatic carbocycles. The zero-order valence-electron chi connectivity index (χ0n) is 18.0. The second-order valence-electron chi connectivity index (χ2n) is 10.1. The van der Waals surface area contributed by atoms with E-state index in [1.54, 1.807) is 6.92 Å². The molecule has 1 N–H and O–H groups in total. The molecule has 4 fully saturated rings. The first-order chi connectivity index (χ1) is 11.9. The standard InChI is InChI=1S/C22H36O2/c1-14(23)17-7-8-18-16-6-5-15-13-20(2,24)11-12-21(15,3)19(16)9-10-22(17,18)4/h15-19,24H,5-13H2,1-4H3/t15-,16+,17-,18+,19+,20-,21+,22-/m1/s1/i15D,17D. The van der Waals surface area contributed by atoms with Crippen LogP contribution in [0.3, 0.4) is 0 Å². The molecule has 2 nitrogen and oxygen atoms in total. The second-order valence-corrected chi connectivity index (χ2v) is 10.1. The summed E-state index contributed by atoms with van der Waals surface area (Å²) in [6.07, 6.45) is 7.93. The van der Waals surface area contributed by atoms with Crippen molar-refractivity contribution in [3.8, 4) is 0 Å². The number of hydrogen-bond acceptors (Lipinski definition) is 2. The summed E-state index contributed by atoms with van der Waals surface area (Å²) < 4.78 is 18.2. The van der Waals surface area contributed by atoms with Crippen molar-refractivity contribution < 1.29 is 12.6 Å². The Balaban J connectivity index is 1.68. The highest BCUT2D eigenvalue weighted by Gasteiger charge is 2.61. The molecule has 4 rings (SSSR count). The van der Waals surface area contributed by atoms with Crippen LogP contribution in [0, 0.1) is 40.4 Å². The van der Waals surface area contributed by atoms with Crippen LogP contribution < -0.4 is 0 Å². The molecule has 8 atom stereocenters. The largest absolute Gasteiger partial charge is 0.390 e. The first kappa shape index (κ1) is 14.8. The van der Waals surface area contributed by atoms with Gasteiger partial charge in [0, 0.05) is 8.64 Å². The van der Waals surface area contributed by atoms with Gasteiger partial charge < -0.3 is 5.11 Å². The first-order valence-electron chi connectivity index (χ1n) is 11.1. The van der Waals surface area contributed by atoms with Crippen molar-refractivity contribution in [1.29, 1.82) is 0 Å². The van der Waals surface area contributed by atoms with Crippen molar-refractivity contribution in [1.82, 2.24) is 0 Å². The van der Waals surface area contributed by atoms with Crippen LogP contribution in [0.15, 0.2) is 0 Å². The van der Waals surface area contributed by atoms with E-state index in [1.165, 1.54) is 0 Å². The highest BCUT2D eigenvalue weighted by Crippen LogP contribution is 2.68. The summed E-state index contributed by atoms with van der Waals surface area (Å²) in [6.45, 7) is 8.06. The van der Waals surface area contributed by atoms with Crippen LogP contribution in [-0.4, -0.2) is 16.5 Å². The fraction of sp³-hybridized carbons (Fsp3) is 0.955. The number of carbonyl (C=O) groups is 1. The maximum atomic E-state index is 12.4. The number of carbonyl (C=O) groups excluding carboxylic acids is 1. The Morgan fingerprint density at radius 3 is 2.38 bits per heavy atom. The Morgan fingerprint density at radius 1 is 0.958 bits per heavy atom. The normalized spacial score (nSPS) is 64.3. The first-order valence-corrected chi connectivity index (χ1v) is 10.1. The Hall–Kier alpha value is -0.370. The van der Waals surface area contributed by atoms with Gasteiger partial charge in [-0.15, -0.1) is 0 Å². The predicted molar refractivity (Wildman–Crippen MR) is 96.5 cm³/mol. The molecule has 0 aromatic heterocycles. The van der Waals surface area contributed by atoms with E-state index in [0.29, 0.717) is 30.6 Å². The van der Waals surface area contributed by atoms with Gasteiger partial charge in [0.2, 0.25) is 0 Å². The minimum Gasteiger partial charge on any atom is -0.390 e. The number of Topliss-reactive ketones (excluding diaryl/α,β-unsaturated/α-hetero) is 1. The van der Waals surface area contributed by atoms with Gasteiger partial charge in [-0.25, -0.2) is 0 Å². The summed E-state index contributed by atoms with van der Waals surface area (Å²) in [5.74, 6) is 0.123. The molecular weight excluding hydrogens is 296 g/mol. The summed E-state index contributed by atoms with van der Waals surface area (Å²) in [7, 11) is 0. The molecule has 0 aliphatic heterocycles. The van der Waals surface area contributed by atoms with Gasteiger partial charge in [0.15, 0.2) is 0 Å². The Bertz CT molecular complexity index is 634. The lowest BCUT2D eigenvalue weighted by molar-refractivity contribution is -0.150. The van der Waals surface area contributed by atoms with Crippen molar-refractivity contribution in [3.05, 3.63) is 0 Å². The molecule has 136 valence electrons. The maximum Gasteiger partial charge on any atom is 0.133 e. The van der Waals surface area contributed by atoms with Gasteiger partial charge in [-0.2, -0.15) is 0 Å². The number of rotatable bonds is 1. The van der Waals surface area contributed by atoms with Gasteiger partial charge in [-0.1, -0.05) is 13.8 Å². The van der Waals surface area contributed by atoms with E-state index in [4.69, 9.17) is 1.37 Å². The molecule has 0 radical (unpaired) electrons. The van der Waals surface area contributed by atoms with Crippen LogP contribution in [0.1, 0.15) is 88.2 Å². The molecule has 0 amide bonds. The van der Waals surface area contributed by atoms with Crippen LogP contribution in [0.5, 0.6) is 0 Å². The molecule has 0 spiro atoms. The summed E-state index contributed by atoms with van der Waals surface area (Å²) in [5, 5.41) is 10.6. The van der Waals surface area contributed by atoms with Crippen LogP contribution in [-0.2, 0) is 4.79 Å². The maximum absolute atomic E-state index is 12.4. The molecular formula is C22H36O2. The van der Waals surface area contributed by atoms with Crippen molar-refractivity contribution in [2.45, 2.75) is 91.1 Å². The van der Waals surface area contributed by atoms with Crippen molar-refractivity contribution >= 4 is 5.78 Å². The Labute approximate surface area is 150 Å². The van der Waals surface area contributed by atoms with Crippen molar-refractivity contribution in [3.63, 3.8) is 0 Å². The van der Waals surface area contributed by atoms with Crippen molar-refractivity contribution in [2.75, 3.05) is 0 Å². The molecule has 2 heteroatoms. The van der Waals surface area contributed by atoms with E-state index >= 15 is 0 Å². The Kier molecular flexibility index (Phi) is 3.27. The molecule has 0 aromatic rings. The third-order valence-electron chi connectivity index (χ3n) is 8.83. The molecule has 0 saturated heterocycles. The monoisotopic (exact) mass is 334 g/mol. The number of hydrogen-bond donors (Lipinski definition) is 1. The molecule has 0 unspecified atom stereocenters. The van der Waals surface area contributed by atoms with E-state index in [9.17, 15) is 11.3 Å². The molecule has 0 heterocycles. The average Bonchev–Trinajstić information content (AvgIpc) is 2.81. The summed E-state index contributed by atoms with van der Waals surface area (Å²) in [4.78, 5) is 12.4. The van der Waals surface area contributed by atoms with Crippen molar-refractivity contribution in [2.24, 2.45) is 40.4 Å². The van der Waals surface area contributed by atoms with Gasteiger partial charge in [0.25, 0.3) is 0 Å². The molecule has 0 bridgehead atoms. The topological polar surface area (TPSA) is 37.3 Å². The molecule has 24 heavy (non-hydrogen) atoms. The van der Waals surface area contributed by atoms with Gasteiger partial charge in [-0.3, -0.25) is 4.79 Å². The van der Waals surface area contributed by atoms with E-state index in [2.05, 4.69) is 13.8 Å². The number of aliphatic hydroxyl groups is 1. The van der Waals surface area contributed by atoms with E-state index in [0.717, 1.165) is 44.9 Å². The Morgan fingerprint density at radius 2 is 1.67 bits per heavy atom. The van der Waals surface area contributed by atoms with Crippen LogP contribution >= 0.6 is 0 Å². The van der Waals surface area contributed by atoms with Gasteiger partial charge >= 0.3 is 0 Å². The van der Waals surface area contributed by atoms with Crippen LogP contribution in [0.2, 0.25) is 0 Å². The number of fused-ring (bicyclic) bond motifs is 5. The lowest BCUT2D eigenvalue weighted by Gasteiger charge is -2.61. The minimum absolute atomic E-state index is 0.0387. The lowest BCUT2D eigenvalue weighted by atomic mass is 9.44. The SMILES string of the molecule is [2H][C@]12CC[C@H]3[C@@H]4CC[C@]([2H])(C(C)=O)[C@@]4(C)CC[C@@H]3[C@@]1(C)CC[C@@](C)(O)C2. The van der Waals surface area contributed by atoms with E-state index in [1.807, 2.05) is 6.92 Å². The summed E-state index contributed by atoms with van der Waals surface area (Å²) in [5.41, 5.74) is -0.933. The fourth-order valence-corrected chi connectivity index (χ4v) is 7.49. The van der Waals surface area contributed by atoms with Crippen LogP contribution in [0.4, 0.5) is 0 Å². The quantitative estimate of drug-likeness (QED) is 0.734. The highest BCUT2D eigenvalue weighted by atomic mass is 16.3. The summed E-state index contributed by atoms with van der Waals surface area (Å²) >= 11 is 0. The molecule has 4 saturated carbocycles. The average molecular weight is 335 g/mol. The zero-order chi connectivity index (χ0) is 19.2. The van der Waals surface area contributed by atoms with E-state index < -0.39 is 17.4 Å². The van der Waals surface area contributed by atoms with Gasteiger partial charge in [-0.05, 0) is 106 Å². The molecule has 4 aliphatic rings. The van der Waals surface area contributed by atoms with E-state index in [-0.39, 0.29) is 16.6 Å². The third-order valence-corrected chi connectivity index (χ3v) is 8.83. The van der Waals surface area contributed by atoms with Crippen LogP contribution in [0.25, 0.3) is 0 Å². The molecule has 4 aliphatic carbocycles. The second kappa shape index (κ2) is 5.32. The highest BCUT2D eigenvalue weighted by molar-refractivity contribution is 5.79. The number of ketones is 1. The smallest absolute Gasteiger partial charge is 0.133 e. The van der Waals surface area contributed by atoms with Gasteiger partial charge in [0.1, 0.15) is 5.78 Å².